The molecular formula is C28H27NO7. The molecule has 3 aromatic rings. The molecule has 1 unspecified atom stereocenters. The van der Waals surface area contributed by atoms with E-state index in [4.69, 9.17) is 18.9 Å². The van der Waals surface area contributed by atoms with Crippen LogP contribution in [0.15, 0.2) is 60.7 Å². The van der Waals surface area contributed by atoms with Crippen molar-refractivity contribution in [2.45, 2.75) is 31.2 Å². The number of hydrogen-bond donors (Lipinski definition) is 2. The predicted octanol–water partition coefficient (Wildman–Crippen LogP) is 4.74. The number of alkyl carbamates (subject to hydrolysis) is 1. The van der Waals surface area contributed by atoms with Crippen LogP contribution in [0.3, 0.4) is 0 Å². The van der Waals surface area contributed by atoms with Crippen LogP contribution in [-0.4, -0.2) is 43.7 Å². The number of methoxy groups -OCH3 is 1. The summed E-state index contributed by atoms with van der Waals surface area (Å²) in [6.45, 7) is 0.291. The fourth-order valence-corrected chi connectivity index (χ4v) is 4.92. The van der Waals surface area contributed by atoms with Gasteiger partial charge in [0.1, 0.15) is 6.61 Å². The Morgan fingerprint density at radius 2 is 1.75 bits per heavy atom. The largest absolute Gasteiger partial charge is 0.493 e. The van der Waals surface area contributed by atoms with Crippen LogP contribution in [0.5, 0.6) is 17.2 Å². The molecule has 1 heterocycles. The number of carboxylic acids is 1. The van der Waals surface area contributed by atoms with Gasteiger partial charge in [0, 0.05) is 18.4 Å². The highest BCUT2D eigenvalue weighted by molar-refractivity contribution is 5.79. The summed E-state index contributed by atoms with van der Waals surface area (Å²) in [7, 11) is 1.54. The minimum Gasteiger partial charge on any atom is -0.493 e. The van der Waals surface area contributed by atoms with Gasteiger partial charge in [0.25, 0.3) is 0 Å². The lowest BCUT2D eigenvalue weighted by Gasteiger charge is -2.20. The van der Waals surface area contributed by atoms with Gasteiger partial charge in [-0.3, -0.25) is 4.79 Å². The lowest BCUT2D eigenvalue weighted by molar-refractivity contribution is -0.137. The second-order valence-electron chi connectivity index (χ2n) is 8.84. The fraction of sp³-hybridized carbons (Fsp3) is 0.286. The average molecular weight is 490 g/mol. The number of carboxylic acid groups (broad SMARTS) is 1. The number of aliphatic carboxylic acids is 1. The van der Waals surface area contributed by atoms with Crippen molar-refractivity contribution in [2.75, 3.05) is 20.5 Å². The number of carbonyl (C=O) groups is 2. The molecule has 1 aliphatic carbocycles. The van der Waals surface area contributed by atoms with Crippen LogP contribution >= 0.6 is 0 Å². The number of benzene rings is 3. The smallest absolute Gasteiger partial charge is 0.407 e. The third-order valence-corrected chi connectivity index (χ3v) is 6.57. The third kappa shape index (κ3) is 4.79. The van der Waals surface area contributed by atoms with E-state index in [2.05, 4.69) is 29.6 Å². The van der Waals surface area contributed by atoms with Gasteiger partial charge >= 0.3 is 12.1 Å². The van der Waals surface area contributed by atoms with Gasteiger partial charge in [-0.15, -0.1) is 0 Å². The average Bonchev–Trinajstić information content (AvgIpc) is 3.48. The standard InChI is InChI=1S/C28H27NO7/c1-33-24-13-17(14-25-27(24)36-16-35-25)12-18(10-11-26(30)31)29-28(32)34-15-23-21-8-4-2-6-19(21)20-7-3-5-9-22(20)23/h2-9,13-14,18,23H,10-12,15-16H2,1H3,(H,29,32)(H,30,31). The van der Waals surface area contributed by atoms with E-state index in [9.17, 15) is 14.7 Å². The Labute approximate surface area is 208 Å². The second kappa shape index (κ2) is 10.2. The van der Waals surface area contributed by atoms with Gasteiger partial charge in [-0.05, 0) is 52.8 Å². The number of carbonyl (C=O) groups excluding carboxylic acids is 1. The van der Waals surface area contributed by atoms with Crippen LogP contribution in [-0.2, 0) is 16.0 Å². The van der Waals surface area contributed by atoms with Gasteiger partial charge in [0.05, 0.1) is 7.11 Å². The zero-order valence-electron chi connectivity index (χ0n) is 19.9. The van der Waals surface area contributed by atoms with Crippen molar-refractivity contribution in [3.63, 3.8) is 0 Å². The van der Waals surface area contributed by atoms with Crippen molar-refractivity contribution in [2.24, 2.45) is 0 Å². The third-order valence-electron chi connectivity index (χ3n) is 6.57. The normalized spacial score (nSPS) is 14.0. The first kappa shape index (κ1) is 23.5. The van der Waals surface area contributed by atoms with Crippen molar-refractivity contribution in [3.8, 4) is 28.4 Å². The summed E-state index contributed by atoms with van der Waals surface area (Å²) in [5.41, 5.74) is 5.38. The van der Waals surface area contributed by atoms with Crippen molar-refractivity contribution in [1.82, 2.24) is 5.32 Å². The molecule has 1 amide bonds. The van der Waals surface area contributed by atoms with E-state index in [1.165, 1.54) is 7.11 Å². The molecule has 8 heteroatoms. The van der Waals surface area contributed by atoms with Crippen molar-refractivity contribution in [3.05, 3.63) is 77.4 Å². The minimum absolute atomic E-state index is 0.0567. The number of ether oxygens (including phenoxy) is 4. The summed E-state index contributed by atoms with van der Waals surface area (Å²) in [6.07, 6.45) is -0.0449. The summed E-state index contributed by atoms with van der Waals surface area (Å²) in [4.78, 5) is 24.1. The molecule has 1 atom stereocenters. The minimum atomic E-state index is -0.933. The molecule has 0 saturated heterocycles. The maximum Gasteiger partial charge on any atom is 0.407 e. The first-order chi connectivity index (χ1) is 17.5. The number of rotatable bonds is 9. The van der Waals surface area contributed by atoms with Gasteiger partial charge in [-0.25, -0.2) is 4.79 Å². The Kier molecular flexibility index (Phi) is 6.66. The summed E-state index contributed by atoms with van der Waals surface area (Å²) >= 11 is 0. The molecule has 36 heavy (non-hydrogen) atoms. The summed E-state index contributed by atoms with van der Waals surface area (Å²) in [6, 6.07) is 19.4. The van der Waals surface area contributed by atoms with Gasteiger partial charge in [-0.1, -0.05) is 48.5 Å². The van der Waals surface area contributed by atoms with Crippen molar-refractivity contribution >= 4 is 12.1 Å². The molecule has 0 spiro atoms. The van der Waals surface area contributed by atoms with E-state index in [0.717, 1.165) is 27.8 Å². The van der Waals surface area contributed by atoms with E-state index < -0.39 is 18.1 Å². The SMILES string of the molecule is COc1cc(CC(CCC(=O)O)NC(=O)OCC2c3ccccc3-c3ccccc32)cc2c1OCO2. The molecule has 0 radical (unpaired) electrons. The van der Waals surface area contributed by atoms with E-state index in [1.54, 1.807) is 6.07 Å². The molecule has 0 bridgehead atoms. The molecule has 0 fully saturated rings. The van der Waals surface area contributed by atoms with Crippen LogP contribution in [0.25, 0.3) is 11.1 Å². The van der Waals surface area contributed by atoms with E-state index in [-0.39, 0.29) is 32.2 Å². The molecule has 0 saturated carbocycles. The maximum atomic E-state index is 12.8. The molecule has 1 aliphatic heterocycles. The maximum absolute atomic E-state index is 12.8. The Balaban J connectivity index is 1.28. The number of hydrogen-bond acceptors (Lipinski definition) is 6. The summed E-state index contributed by atoms with van der Waals surface area (Å²) in [5, 5.41) is 12.1. The van der Waals surface area contributed by atoms with Crippen LogP contribution < -0.4 is 19.5 Å². The Morgan fingerprint density at radius 3 is 2.42 bits per heavy atom. The molecule has 186 valence electrons. The van der Waals surface area contributed by atoms with Gasteiger partial charge in [-0.2, -0.15) is 0 Å². The molecule has 3 aromatic carbocycles. The summed E-state index contributed by atoms with van der Waals surface area (Å²) < 4.78 is 22.0. The Hall–Kier alpha value is -4.20. The topological polar surface area (TPSA) is 103 Å². The monoisotopic (exact) mass is 489 g/mol. The van der Waals surface area contributed by atoms with Gasteiger partial charge < -0.3 is 29.4 Å². The summed E-state index contributed by atoms with van der Waals surface area (Å²) in [5.74, 6) is 0.629. The zero-order chi connectivity index (χ0) is 25.1. The van der Waals surface area contributed by atoms with E-state index in [0.29, 0.717) is 23.7 Å². The predicted molar refractivity (Wildman–Crippen MR) is 132 cm³/mol. The van der Waals surface area contributed by atoms with Gasteiger partial charge in [0.15, 0.2) is 11.5 Å². The highest BCUT2D eigenvalue weighted by Gasteiger charge is 2.29. The Bertz CT molecular complexity index is 1240. The highest BCUT2D eigenvalue weighted by Crippen LogP contribution is 2.44. The lowest BCUT2D eigenvalue weighted by Crippen LogP contribution is -2.37. The highest BCUT2D eigenvalue weighted by atomic mass is 16.7. The first-order valence-electron chi connectivity index (χ1n) is 11.8. The number of fused-ring (bicyclic) bond motifs is 4. The number of amides is 1. The molecule has 0 aromatic heterocycles. The molecule has 2 N–H and O–H groups in total. The van der Waals surface area contributed by atoms with Gasteiger partial charge in [0.2, 0.25) is 12.5 Å². The van der Waals surface area contributed by atoms with Crippen molar-refractivity contribution in [1.29, 1.82) is 0 Å². The van der Waals surface area contributed by atoms with Crippen LogP contribution in [0.2, 0.25) is 0 Å². The zero-order valence-corrected chi connectivity index (χ0v) is 19.9. The molecular weight excluding hydrogens is 462 g/mol. The van der Waals surface area contributed by atoms with Crippen LogP contribution in [0.4, 0.5) is 4.79 Å². The second-order valence-corrected chi connectivity index (χ2v) is 8.84. The lowest BCUT2D eigenvalue weighted by atomic mass is 9.98. The number of nitrogens with one attached hydrogen (secondary N) is 1. The molecule has 8 nitrogen and oxygen atoms in total. The molecule has 2 aliphatic rings. The quantitative estimate of drug-likeness (QED) is 0.448. The van der Waals surface area contributed by atoms with Crippen LogP contribution in [0, 0.1) is 0 Å². The van der Waals surface area contributed by atoms with Crippen molar-refractivity contribution < 1.29 is 33.6 Å². The fourth-order valence-electron chi connectivity index (χ4n) is 4.92. The van der Waals surface area contributed by atoms with E-state index >= 15 is 0 Å². The molecule has 5 rings (SSSR count). The van der Waals surface area contributed by atoms with Crippen LogP contribution in [0.1, 0.15) is 35.4 Å². The Morgan fingerprint density at radius 1 is 1.06 bits per heavy atom. The van der Waals surface area contributed by atoms with E-state index in [1.807, 2.05) is 30.3 Å². The first-order valence-corrected chi connectivity index (χ1v) is 11.8.